The number of morpholine rings is 1. The van der Waals surface area contributed by atoms with Crippen LogP contribution in [-0.4, -0.2) is 40.2 Å². The highest BCUT2D eigenvalue weighted by atomic mass is 16.5. The molecule has 0 spiro atoms. The molecule has 6 nitrogen and oxygen atoms in total. The van der Waals surface area contributed by atoms with Gasteiger partial charge >= 0.3 is 0 Å². The topological polar surface area (TPSA) is 78.8 Å². The highest BCUT2D eigenvalue weighted by Crippen LogP contribution is 2.33. The second-order valence-electron chi connectivity index (χ2n) is 8.44. The summed E-state index contributed by atoms with van der Waals surface area (Å²) >= 11 is 0. The molecule has 1 fully saturated rings. The molecule has 1 aliphatic heterocycles. The lowest BCUT2D eigenvalue weighted by Gasteiger charge is -2.35. The number of hydrogen-bond donors (Lipinski definition) is 1. The van der Waals surface area contributed by atoms with Crippen molar-refractivity contribution in [2.24, 2.45) is 0 Å². The van der Waals surface area contributed by atoms with E-state index in [1.54, 1.807) is 0 Å². The maximum absolute atomic E-state index is 5.87. The van der Waals surface area contributed by atoms with Crippen molar-refractivity contribution in [2.75, 3.05) is 18.0 Å². The Kier molecular flexibility index (Phi) is 5.55. The van der Waals surface area contributed by atoms with Crippen LogP contribution in [0, 0.1) is 0 Å². The summed E-state index contributed by atoms with van der Waals surface area (Å²) in [6, 6.07) is 21.0. The highest BCUT2D eigenvalue weighted by molar-refractivity contribution is 5.90. The summed E-state index contributed by atoms with van der Waals surface area (Å²) in [5.74, 6) is 0.706. The molecule has 2 aromatic carbocycles. The Balaban J connectivity index is 1.64. The van der Waals surface area contributed by atoms with Gasteiger partial charge in [-0.05, 0) is 25.5 Å². The highest BCUT2D eigenvalue weighted by Gasteiger charge is 2.24. The number of pyridine rings is 1. The largest absolute Gasteiger partial charge is 0.372 e. The molecule has 0 amide bonds. The van der Waals surface area contributed by atoms with Crippen LogP contribution >= 0.6 is 0 Å². The van der Waals surface area contributed by atoms with Gasteiger partial charge in [-0.15, -0.1) is 0 Å². The summed E-state index contributed by atoms with van der Waals surface area (Å²) in [6.07, 6.45) is 2.18. The van der Waals surface area contributed by atoms with E-state index >= 15 is 0 Å². The average molecular weight is 427 g/mol. The summed E-state index contributed by atoms with van der Waals surface area (Å²) < 4.78 is 5.87. The molecule has 162 valence electrons. The van der Waals surface area contributed by atoms with Crippen LogP contribution in [-0.2, 0) is 11.3 Å². The van der Waals surface area contributed by atoms with Crippen LogP contribution in [0.1, 0.15) is 19.4 Å². The fraction of sp³-hybridized carbons (Fsp3) is 0.269. The van der Waals surface area contributed by atoms with Crippen molar-refractivity contribution in [3.05, 3.63) is 72.4 Å². The van der Waals surface area contributed by atoms with E-state index in [0.29, 0.717) is 11.6 Å². The van der Waals surface area contributed by atoms with Gasteiger partial charge in [0.1, 0.15) is 0 Å². The minimum Gasteiger partial charge on any atom is -0.372 e. The second-order valence-corrected chi connectivity index (χ2v) is 8.44. The van der Waals surface area contributed by atoms with E-state index in [2.05, 4.69) is 84.1 Å². The smallest absolute Gasteiger partial charge is 0.227 e. The van der Waals surface area contributed by atoms with E-state index in [1.807, 2.05) is 12.3 Å². The van der Waals surface area contributed by atoms with Gasteiger partial charge in [-0.3, -0.25) is 0 Å². The molecule has 0 bridgehead atoms. The van der Waals surface area contributed by atoms with Crippen LogP contribution in [0.2, 0.25) is 0 Å². The quantitative estimate of drug-likeness (QED) is 0.538. The molecule has 1 saturated heterocycles. The van der Waals surface area contributed by atoms with Gasteiger partial charge in [-0.1, -0.05) is 54.6 Å². The van der Waals surface area contributed by atoms with Crippen molar-refractivity contribution >= 4 is 17.0 Å². The molecular formula is C26H28N5O+. The van der Waals surface area contributed by atoms with Gasteiger partial charge in [-0.2, -0.15) is 4.98 Å². The summed E-state index contributed by atoms with van der Waals surface area (Å²) in [5, 5.41) is 0.931. The van der Waals surface area contributed by atoms with Crippen molar-refractivity contribution in [1.82, 2.24) is 15.0 Å². The van der Waals surface area contributed by atoms with Crippen LogP contribution in [0.3, 0.4) is 0 Å². The maximum Gasteiger partial charge on any atom is 0.227 e. The Morgan fingerprint density at radius 2 is 1.66 bits per heavy atom. The Labute approximate surface area is 188 Å². The molecule has 4 aromatic rings. The van der Waals surface area contributed by atoms with Gasteiger partial charge in [0.2, 0.25) is 5.95 Å². The Morgan fingerprint density at radius 1 is 0.938 bits per heavy atom. The molecule has 3 heterocycles. The first-order valence-corrected chi connectivity index (χ1v) is 11.1. The Bertz CT molecular complexity index is 1220. The number of fused-ring (bicyclic) bond motifs is 1. The molecule has 32 heavy (non-hydrogen) atoms. The molecule has 0 unspecified atom stereocenters. The van der Waals surface area contributed by atoms with Crippen molar-refractivity contribution < 1.29 is 10.5 Å². The predicted molar refractivity (Wildman–Crippen MR) is 127 cm³/mol. The van der Waals surface area contributed by atoms with Crippen molar-refractivity contribution in [2.45, 2.75) is 32.6 Å². The van der Waals surface area contributed by atoms with Crippen molar-refractivity contribution in [1.29, 1.82) is 0 Å². The first-order chi connectivity index (χ1) is 15.6. The summed E-state index contributed by atoms with van der Waals surface area (Å²) in [5.41, 5.74) is 10.1. The molecular weight excluding hydrogens is 398 g/mol. The molecule has 0 saturated carbocycles. The van der Waals surface area contributed by atoms with Crippen molar-refractivity contribution in [3.8, 4) is 22.4 Å². The number of benzene rings is 2. The minimum atomic E-state index is 0.147. The summed E-state index contributed by atoms with van der Waals surface area (Å²) in [7, 11) is 0. The fourth-order valence-electron chi connectivity index (χ4n) is 4.34. The zero-order chi connectivity index (χ0) is 22.1. The summed E-state index contributed by atoms with van der Waals surface area (Å²) in [6.45, 7) is 6.49. The first-order valence-electron chi connectivity index (χ1n) is 11.1. The number of hydrogen-bond acceptors (Lipinski definition) is 5. The predicted octanol–water partition coefficient (Wildman–Crippen LogP) is 3.71. The maximum atomic E-state index is 5.87. The zero-order valence-electron chi connectivity index (χ0n) is 18.5. The van der Waals surface area contributed by atoms with E-state index in [1.165, 1.54) is 5.56 Å². The average Bonchev–Trinajstić information content (AvgIpc) is 2.83. The number of aromatic nitrogens is 3. The molecule has 5 rings (SSSR count). The number of quaternary nitrogens is 1. The molecule has 2 atom stereocenters. The Hall–Kier alpha value is -3.35. The van der Waals surface area contributed by atoms with E-state index in [9.17, 15) is 0 Å². The molecule has 1 aliphatic rings. The van der Waals surface area contributed by atoms with Crippen LogP contribution in [0.5, 0.6) is 0 Å². The van der Waals surface area contributed by atoms with E-state index in [-0.39, 0.29) is 12.2 Å². The lowest BCUT2D eigenvalue weighted by Crippen LogP contribution is -2.47. The van der Waals surface area contributed by atoms with E-state index < -0.39 is 0 Å². The molecule has 3 N–H and O–H groups in total. The normalized spacial score (nSPS) is 18.8. The van der Waals surface area contributed by atoms with Gasteiger partial charge in [-0.25, -0.2) is 9.97 Å². The van der Waals surface area contributed by atoms with Crippen LogP contribution in [0.15, 0.2) is 66.9 Å². The third-order valence-electron chi connectivity index (χ3n) is 5.86. The molecule has 0 aliphatic carbocycles. The van der Waals surface area contributed by atoms with Crippen LogP contribution in [0.25, 0.3) is 33.4 Å². The minimum absolute atomic E-state index is 0.147. The third-order valence-corrected chi connectivity index (χ3v) is 5.86. The van der Waals surface area contributed by atoms with Gasteiger partial charge < -0.3 is 15.4 Å². The lowest BCUT2D eigenvalue weighted by atomic mass is 9.98. The molecule has 6 heteroatoms. The number of anilines is 1. The number of rotatable bonds is 4. The standard InChI is InChI=1S/C26H27N5O/c1-17-15-31(16-18(2)32-17)26-28-14-22-12-23(20-6-4-3-5-7-20)24(29-25(22)30-26)21-10-8-19(13-27)9-11-21/h3-12,14,17-18H,13,15-16,27H2,1-2H3/p+1/t17-,18+. The second kappa shape index (κ2) is 8.65. The third kappa shape index (κ3) is 4.07. The lowest BCUT2D eigenvalue weighted by molar-refractivity contribution is -0.386. The number of ether oxygens (including phenoxy) is 1. The number of nitrogens with zero attached hydrogens (tertiary/aromatic N) is 4. The van der Waals surface area contributed by atoms with Gasteiger partial charge in [0.25, 0.3) is 0 Å². The van der Waals surface area contributed by atoms with Crippen LogP contribution in [0.4, 0.5) is 5.95 Å². The van der Waals surface area contributed by atoms with E-state index in [0.717, 1.165) is 47.4 Å². The first kappa shape index (κ1) is 20.5. The van der Waals surface area contributed by atoms with Gasteiger partial charge in [0.15, 0.2) is 5.65 Å². The van der Waals surface area contributed by atoms with Crippen molar-refractivity contribution in [3.63, 3.8) is 0 Å². The SMILES string of the molecule is C[C@@H]1CN(c2ncc3cc(-c4ccccc4)c(-c4ccc(C[NH3+])cc4)nc3n2)C[C@H](C)O1. The van der Waals surface area contributed by atoms with Gasteiger partial charge in [0, 0.05) is 41.4 Å². The molecule has 0 radical (unpaired) electrons. The van der Waals surface area contributed by atoms with E-state index in [4.69, 9.17) is 14.7 Å². The van der Waals surface area contributed by atoms with Crippen LogP contribution < -0.4 is 10.6 Å². The Morgan fingerprint density at radius 3 is 2.34 bits per heavy atom. The van der Waals surface area contributed by atoms with Gasteiger partial charge in [0.05, 0.1) is 24.4 Å². The fourth-order valence-corrected chi connectivity index (χ4v) is 4.34. The monoisotopic (exact) mass is 426 g/mol. The molecule has 2 aromatic heterocycles. The summed E-state index contributed by atoms with van der Waals surface area (Å²) in [4.78, 5) is 16.8. The zero-order valence-corrected chi connectivity index (χ0v) is 18.5.